The van der Waals surface area contributed by atoms with Crippen LogP contribution in [0.3, 0.4) is 0 Å². The first-order valence-corrected chi connectivity index (χ1v) is 7.79. The number of nitrogens with two attached hydrogens (primary N) is 1. The number of amides is 2. The Morgan fingerprint density at radius 3 is 2.78 bits per heavy atom. The highest BCUT2D eigenvalue weighted by atomic mass is 35.5. The number of nitrogens with one attached hydrogen (secondary N) is 1. The molecule has 0 radical (unpaired) electrons. The summed E-state index contributed by atoms with van der Waals surface area (Å²) in [6, 6.07) is 0.309. The van der Waals surface area contributed by atoms with Gasteiger partial charge in [0.25, 0.3) is 11.8 Å². The van der Waals surface area contributed by atoms with E-state index in [1.54, 1.807) is 0 Å². The summed E-state index contributed by atoms with van der Waals surface area (Å²) < 4.78 is 5.02. The lowest BCUT2D eigenvalue weighted by atomic mass is 10.2. The molecule has 0 spiro atoms. The summed E-state index contributed by atoms with van der Waals surface area (Å²) in [6.07, 6.45) is 2.16. The van der Waals surface area contributed by atoms with Crippen LogP contribution in [0.15, 0.2) is 0 Å². The number of ether oxygens (including phenoxy) is 1. The molecule has 1 unspecified atom stereocenters. The number of aromatic nitrogens is 2. The minimum Gasteiger partial charge on any atom is -0.479 e. The SMILES string of the molecule is CCN1CCCC1CNC(=O)c1nc(Cl)c(C(N)=O)nc1OC. The Kier molecular flexibility index (Phi) is 5.73. The van der Waals surface area contributed by atoms with E-state index in [1.807, 2.05) is 0 Å². The van der Waals surface area contributed by atoms with Gasteiger partial charge in [-0.1, -0.05) is 18.5 Å². The quantitative estimate of drug-likeness (QED) is 0.777. The van der Waals surface area contributed by atoms with Crippen molar-refractivity contribution in [3.63, 3.8) is 0 Å². The largest absolute Gasteiger partial charge is 0.479 e. The maximum absolute atomic E-state index is 12.3. The third-order valence-electron chi connectivity index (χ3n) is 3.87. The summed E-state index contributed by atoms with van der Waals surface area (Å²) in [5.41, 5.74) is 4.85. The predicted octanol–water partition coefficient (Wildman–Crippen LogP) is 0.452. The normalized spacial score (nSPS) is 18.0. The number of rotatable bonds is 6. The number of halogens is 1. The van der Waals surface area contributed by atoms with E-state index < -0.39 is 11.8 Å². The van der Waals surface area contributed by atoms with Gasteiger partial charge >= 0.3 is 0 Å². The first-order valence-electron chi connectivity index (χ1n) is 7.41. The van der Waals surface area contributed by atoms with Crippen LogP contribution in [0, 0.1) is 0 Å². The van der Waals surface area contributed by atoms with Gasteiger partial charge in [-0.05, 0) is 25.9 Å². The summed E-state index contributed by atoms with van der Waals surface area (Å²) >= 11 is 5.85. The van der Waals surface area contributed by atoms with Crippen molar-refractivity contribution in [1.29, 1.82) is 0 Å². The summed E-state index contributed by atoms with van der Waals surface area (Å²) in [5, 5.41) is 2.60. The molecule has 2 amide bonds. The summed E-state index contributed by atoms with van der Waals surface area (Å²) in [4.78, 5) is 33.6. The molecule has 2 heterocycles. The van der Waals surface area contributed by atoms with Crippen LogP contribution in [0.4, 0.5) is 0 Å². The maximum Gasteiger partial charge on any atom is 0.275 e. The molecule has 1 saturated heterocycles. The number of nitrogens with zero attached hydrogens (tertiary/aromatic N) is 3. The van der Waals surface area contributed by atoms with E-state index in [9.17, 15) is 9.59 Å². The predicted molar refractivity (Wildman–Crippen MR) is 84.7 cm³/mol. The van der Waals surface area contributed by atoms with Crippen molar-refractivity contribution in [2.24, 2.45) is 5.73 Å². The Hall–Kier alpha value is -1.93. The minimum absolute atomic E-state index is 0.0662. The number of likely N-dealkylation sites (tertiary alicyclic amines) is 1. The van der Waals surface area contributed by atoms with Crippen LogP contribution < -0.4 is 15.8 Å². The van der Waals surface area contributed by atoms with E-state index >= 15 is 0 Å². The van der Waals surface area contributed by atoms with E-state index in [4.69, 9.17) is 22.1 Å². The smallest absolute Gasteiger partial charge is 0.275 e. The molecule has 126 valence electrons. The van der Waals surface area contributed by atoms with Gasteiger partial charge in [-0.2, -0.15) is 0 Å². The van der Waals surface area contributed by atoms with Gasteiger partial charge in [0.2, 0.25) is 5.88 Å². The van der Waals surface area contributed by atoms with E-state index in [2.05, 4.69) is 27.1 Å². The third kappa shape index (κ3) is 3.89. The number of primary amides is 1. The molecule has 3 N–H and O–H groups in total. The summed E-state index contributed by atoms with van der Waals surface area (Å²) in [5.74, 6) is -1.37. The Morgan fingerprint density at radius 2 is 2.17 bits per heavy atom. The van der Waals surface area contributed by atoms with Crippen LogP contribution in [0.2, 0.25) is 5.15 Å². The van der Waals surface area contributed by atoms with E-state index in [1.165, 1.54) is 7.11 Å². The highest BCUT2D eigenvalue weighted by molar-refractivity contribution is 6.32. The zero-order valence-corrected chi connectivity index (χ0v) is 13.9. The van der Waals surface area contributed by atoms with Gasteiger partial charge in [0.15, 0.2) is 16.5 Å². The second-order valence-corrected chi connectivity index (χ2v) is 5.58. The monoisotopic (exact) mass is 341 g/mol. The van der Waals surface area contributed by atoms with Gasteiger partial charge in [0.1, 0.15) is 0 Å². The van der Waals surface area contributed by atoms with E-state index in [0.717, 1.165) is 25.9 Å². The molecule has 23 heavy (non-hydrogen) atoms. The topological polar surface area (TPSA) is 110 Å². The second kappa shape index (κ2) is 7.56. The minimum atomic E-state index is -0.836. The lowest BCUT2D eigenvalue weighted by molar-refractivity contribution is 0.0928. The Balaban J connectivity index is 2.12. The van der Waals surface area contributed by atoms with Gasteiger partial charge in [-0.15, -0.1) is 0 Å². The molecule has 1 atom stereocenters. The average molecular weight is 342 g/mol. The van der Waals surface area contributed by atoms with Gasteiger partial charge in [0, 0.05) is 12.6 Å². The fourth-order valence-corrected chi connectivity index (χ4v) is 2.90. The Bertz CT molecular complexity index is 610. The number of carbonyl (C=O) groups excluding carboxylic acids is 2. The first kappa shape index (κ1) is 17.4. The average Bonchev–Trinajstić information content (AvgIpc) is 2.99. The highest BCUT2D eigenvalue weighted by Gasteiger charge is 2.26. The molecule has 1 fully saturated rings. The molecular weight excluding hydrogens is 322 g/mol. The van der Waals surface area contributed by atoms with Crippen LogP contribution >= 0.6 is 11.6 Å². The zero-order chi connectivity index (χ0) is 17.0. The van der Waals surface area contributed by atoms with Gasteiger partial charge < -0.3 is 15.8 Å². The Labute approximate surface area is 139 Å². The number of methoxy groups -OCH3 is 1. The molecule has 1 aromatic rings. The molecule has 0 bridgehead atoms. The molecule has 1 aromatic heterocycles. The Morgan fingerprint density at radius 1 is 1.43 bits per heavy atom. The molecule has 1 aliphatic heterocycles. The van der Waals surface area contributed by atoms with Crippen LogP contribution in [-0.4, -0.2) is 59.5 Å². The highest BCUT2D eigenvalue weighted by Crippen LogP contribution is 2.20. The molecule has 1 aliphatic rings. The molecule has 8 nitrogen and oxygen atoms in total. The molecule has 0 aromatic carbocycles. The number of hydrogen-bond donors (Lipinski definition) is 2. The van der Waals surface area contributed by atoms with Gasteiger partial charge in [-0.25, -0.2) is 9.97 Å². The fourth-order valence-electron chi connectivity index (χ4n) is 2.68. The summed E-state index contributed by atoms with van der Waals surface area (Å²) in [6.45, 7) is 4.59. The van der Waals surface area contributed by atoms with Crippen molar-refractivity contribution in [2.45, 2.75) is 25.8 Å². The first-order chi connectivity index (χ1) is 11.0. The van der Waals surface area contributed by atoms with E-state index in [-0.39, 0.29) is 22.4 Å². The van der Waals surface area contributed by atoms with Crippen molar-refractivity contribution in [2.75, 3.05) is 26.7 Å². The van der Waals surface area contributed by atoms with Crippen molar-refractivity contribution in [1.82, 2.24) is 20.2 Å². The van der Waals surface area contributed by atoms with Gasteiger partial charge in [-0.3, -0.25) is 14.5 Å². The lowest BCUT2D eigenvalue weighted by Crippen LogP contribution is -2.40. The van der Waals surface area contributed by atoms with Gasteiger partial charge in [0.05, 0.1) is 7.11 Å². The van der Waals surface area contributed by atoms with Crippen LogP contribution in [-0.2, 0) is 0 Å². The lowest BCUT2D eigenvalue weighted by Gasteiger charge is -2.22. The molecular formula is C14H20ClN5O3. The zero-order valence-electron chi connectivity index (χ0n) is 13.1. The summed E-state index contributed by atoms with van der Waals surface area (Å²) in [7, 11) is 1.33. The van der Waals surface area contributed by atoms with Crippen LogP contribution in [0.1, 0.15) is 40.7 Å². The van der Waals surface area contributed by atoms with Crippen LogP contribution in [0.25, 0.3) is 0 Å². The molecule has 0 saturated carbocycles. The number of likely N-dealkylation sites (N-methyl/N-ethyl adjacent to an activating group) is 1. The van der Waals surface area contributed by atoms with Crippen molar-refractivity contribution in [3.8, 4) is 5.88 Å². The third-order valence-corrected chi connectivity index (χ3v) is 4.13. The molecule has 0 aliphatic carbocycles. The van der Waals surface area contributed by atoms with Crippen LogP contribution in [0.5, 0.6) is 5.88 Å². The van der Waals surface area contributed by atoms with E-state index in [0.29, 0.717) is 12.6 Å². The molecule has 9 heteroatoms. The van der Waals surface area contributed by atoms with Crippen molar-refractivity contribution < 1.29 is 14.3 Å². The fraction of sp³-hybridized carbons (Fsp3) is 0.571. The van der Waals surface area contributed by atoms with Crippen molar-refractivity contribution >= 4 is 23.4 Å². The second-order valence-electron chi connectivity index (χ2n) is 5.22. The maximum atomic E-state index is 12.3. The molecule has 2 rings (SSSR count). The standard InChI is InChI=1S/C14H20ClN5O3/c1-3-20-6-4-5-8(20)7-17-13(22)10-14(23-2)19-9(12(16)21)11(15)18-10/h8H,3-7H2,1-2H3,(H2,16,21)(H,17,22). The number of carbonyl (C=O) groups is 2. The van der Waals surface area contributed by atoms with Crippen molar-refractivity contribution in [3.05, 3.63) is 16.5 Å². The number of hydrogen-bond acceptors (Lipinski definition) is 6.